The van der Waals surface area contributed by atoms with E-state index in [1.54, 1.807) is 7.05 Å². The molecule has 1 aromatic rings. The van der Waals surface area contributed by atoms with Crippen molar-refractivity contribution >= 4 is 5.96 Å². The monoisotopic (exact) mass is 337 g/mol. The highest BCUT2D eigenvalue weighted by molar-refractivity contribution is 5.79. The van der Waals surface area contributed by atoms with Gasteiger partial charge in [-0.15, -0.1) is 0 Å². The van der Waals surface area contributed by atoms with Crippen LogP contribution in [-0.4, -0.2) is 48.2 Å². The molecule has 0 aliphatic carbocycles. The molecule has 6 heteroatoms. The van der Waals surface area contributed by atoms with Gasteiger partial charge in [0, 0.05) is 50.7 Å². The van der Waals surface area contributed by atoms with E-state index in [-0.39, 0.29) is 0 Å². The molecular weight excluding hydrogens is 302 g/mol. The fourth-order valence-electron chi connectivity index (χ4n) is 2.95. The number of hydrogen-bond donors (Lipinski definition) is 2. The Morgan fingerprint density at radius 2 is 1.79 bits per heavy atom. The maximum atomic E-state index is 5.41. The summed E-state index contributed by atoms with van der Waals surface area (Å²) in [6.45, 7) is 15.7. The third kappa shape index (κ3) is 5.82. The molecule has 138 valence electrons. The van der Waals surface area contributed by atoms with Gasteiger partial charge in [0.15, 0.2) is 5.96 Å². The Hall–Kier alpha value is -1.56. The number of nitrogens with zero attached hydrogens (tertiary/aromatic N) is 3. The summed E-state index contributed by atoms with van der Waals surface area (Å²) in [5.41, 5.74) is 2.19. The van der Waals surface area contributed by atoms with Gasteiger partial charge < -0.3 is 15.2 Å². The number of nitrogens with one attached hydrogen (secondary N) is 2. The zero-order chi connectivity index (χ0) is 18.1. The van der Waals surface area contributed by atoms with Crippen molar-refractivity contribution < 1.29 is 4.52 Å². The van der Waals surface area contributed by atoms with Gasteiger partial charge in [-0.2, -0.15) is 0 Å². The van der Waals surface area contributed by atoms with Crippen LogP contribution >= 0.6 is 0 Å². The first-order chi connectivity index (χ1) is 11.4. The smallest absolute Gasteiger partial charge is 0.191 e. The van der Waals surface area contributed by atoms with Crippen LogP contribution in [0.4, 0.5) is 0 Å². The van der Waals surface area contributed by atoms with Crippen molar-refractivity contribution in [3.63, 3.8) is 0 Å². The van der Waals surface area contributed by atoms with Crippen LogP contribution in [0.25, 0.3) is 0 Å². The van der Waals surface area contributed by atoms with Gasteiger partial charge in [0.05, 0.1) is 5.69 Å². The third-order valence-electron chi connectivity index (χ3n) is 4.25. The molecule has 0 atom stereocenters. The minimum absolute atomic E-state index is 0.540. The van der Waals surface area contributed by atoms with Gasteiger partial charge in [-0.3, -0.25) is 9.89 Å². The summed E-state index contributed by atoms with van der Waals surface area (Å²) in [5.74, 6) is 1.77. The van der Waals surface area contributed by atoms with Gasteiger partial charge in [-0.25, -0.2) is 0 Å². The number of guanidine groups is 1. The van der Waals surface area contributed by atoms with E-state index < -0.39 is 0 Å². The zero-order valence-corrected chi connectivity index (χ0v) is 16.4. The Bertz CT molecular complexity index is 478. The minimum atomic E-state index is 0.540. The summed E-state index contributed by atoms with van der Waals surface area (Å²) in [7, 11) is 1.80. The highest BCUT2D eigenvalue weighted by atomic mass is 16.5. The first-order valence-electron chi connectivity index (χ1n) is 9.11. The molecule has 0 saturated heterocycles. The molecule has 0 spiro atoms. The molecule has 1 heterocycles. The summed E-state index contributed by atoms with van der Waals surface area (Å²) >= 11 is 0. The van der Waals surface area contributed by atoms with Crippen LogP contribution < -0.4 is 10.6 Å². The van der Waals surface area contributed by atoms with Crippen LogP contribution in [0.5, 0.6) is 0 Å². The first kappa shape index (κ1) is 20.5. The summed E-state index contributed by atoms with van der Waals surface area (Å²) in [5, 5.41) is 10.9. The molecule has 1 aromatic heterocycles. The standard InChI is InChI=1S/C18H35N5O/c1-8-16-15(17(9-2)24-22-16)12-21-18(19-7)20-10-11-23(13(3)4)14(5)6/h13-14H,8-12H2,1-7H3,(H2,19,20,21). The maximum absolute atomic E-state index is 5.41. The van der Waals surface area contributed by atoms with Crippen LogP contribution in [0.2, 0.25) is 0 Å². The second-order valence-corrected chi connectivity index (χ2v) is 6.52. The molecular formula is C18H35N5O. The van der Waals surface area contributed by atoms with Crippen molar-refractivity contribution in [1.82, 2.24) is 20.7 Å². The van der Waals surface area contributed by atoms with Gasteiger partial charge in [-0.05, 0) is 34.1 Å². The Kier molecular flexibility index (Phi) is 8.82. The largest absolute Gasteiger partial charge is 0.361 e. The summed E-state index contributed by atoms with van der Waals surface area (Å²) in [4.78, 5) is 6.77. The average Bonchev–Trinajstić information content (AvgIpc) is 2.95. The Labute approximate surface area is 147 Å². The van der Waals surface area contributed by atoms with Crippen LogP contribution in [0.1, 0.15) is 58.6 Å². The lowest BCUT2D eigenvalue weighted by Gasteiger charge is -2.30. The summed E-state index contributed by atoms with van der Waals surface area (Å²) in [6.07, 6.45) is 1.73. The van der Waals surface area contributed by atoms with E-state index in [4.69, 9.17) is 4.52 Å². The molecule has 0 aromatic carbocycles. The number of aliphatic imine (C=N–C) groups is 1. The van der Waals surface area contributed by atoms with E-state index in [1.807, 2.05) is 0 Å². The SMILES string of the molecule is CCc1noc(CC)c1CNC(=NC)NCCN(C(C)C)C(C)C. The van der Waals surface area contributed by atoms with E-state index in [9.17, 15) is 0 Å². The zero-order valence-electron chi connectivity index (χ0n) is 16.4. The topological polar surface area (TPSA) is 65.7 Å². The van der Waals surface area contributed by atoms with E-state index in [0.717, 1.165) is 48.9 Å². The lowest BCUT2D eigenvalue weighted by Crippen LogP contribution is -2.45. The fraction of sp³-hybridized carbons (Fsp3) is 0.778. The van der Waals surface area contributed by atoms with Gasteiger partial charge in [0.2, 0.25) is 0 Å². The molecule has 0 bridgehead atoms. The third-order valence-corrected chi connectivity index (χ3v) is 4.25. The molecule has 0 aliphatic rings. The van der Waals surface area contributed by atoms with Crippen molar-refractivity contribution in [1.29, 1.82) is 0 Å². The van der Waals surface area contributed by atoms with Crippen molar-refractivity contribution in [2.45, 2.75) is 73.0 Å². The molecule has 0 aliphatic heterocycles. The quantitative estimate of drug-likeness (QED) is 0.535. The number of aromatic nitrogens is 1. The normalized spacial score (nSPS) is 12.5. The lowest BCUT2D eigenvalue weighted by atomic mass is 10.1. The predicted molar refractivity (Wildman–Crippen MR) is 100 cm³/mol. The molecule has 0 fully saturated rings. The van der Waals surface area contributed by atoms with Crippen molar-refractivity contribution in [3.8, 4) is 0 Å². The van der Waals surface area contributed by atoms with Crippen molar-refractivity contribution in [2.75, 3.05) is 20.1 Å². The Morgan fingerprint density at radius 3 is 2.29 bits per heavy atom. The minimum Gasteiger partial charge on any atom is -0.361 e. The lowest BCUT2D eigenvalue weighted by molar-refractivity contribution is 0.178. The summed E-state index contributed by atoms with van der Waals surface area (Å²) < 4.78 is 5.41. The molecule has 24 heavy (non-hydrogen) atoms. The van der Waals surface area contributed by atoms with E-state index in [1.165, 1.54) is 0 Å². The Morgan fingerprint density at radius 1 is 1.12 bits per heavy atom. The van der Waals surface area contributed by atoms with Gasteiger partial charge >= 0.3 is 0 Å². The van der Waals surface area contributed by atoms with Crippen molar-refractivity contribution in [2.24, 2.45) is 4.99 Å². The molecule has 2 N–H and O–H groups in total. The van der Waals surface area contributed by atoms with Crippen LogP contribution in [0.15, 0.2) is 9.52 Å². The van der Waals surface area contributed by atoms with Crippen LogP contribution in [0.3, 0.4) is 0 Å². The molecule has 6 nitrogen and oxygen atoms in total. The fourth-order valence-corrected chi connectivity index (χ4v) is 2.95. The second kappa shape index (κ2) is 10.3. The molecule has 0 saturated carbocycles. The number of rotatable bonds is 9. The summed E-state index contributed by atoms with van der Waals surface area (Å²) in [6, 6.07) is 1.08. The van der Waals surface area contributed by atoms with E-state index in [2.05, 4.69) is 67.2 Å². The van der Waals surface area contributed by atoms with Crippen LogP contribution in [0, 0.1) is 0 Å². The van der Waals surface area contributed by atoms with Crippen molar-refractivity contribution in [3.05, 3.63) is 17.0 Å². The highest BCUT2D eigenvalue weighted by Crippen LogP contribution is 2.15. The van der Waals surface area contributed by atoms with E-state index in [0.29, 0.717) is 18.6 Å². The molecule has 1 rings (SSSR count). The highest BCUT2D eigenvalue weighted by Gasteiger charge is 2.15. The predicted octanol–water partition coefficient (Wildman–Crippen LogP) is 2.58. The first-order valence-corrected chi connectivity index (χ1v) is 9.11. The van der Waals surface area contributed by atoms with Crippen LogP contribution in [-0.2, 0) is 19.4 Å². The average molecular weight is 338 g/mol. The number of aryl methyl sites for hydroxylation is 2. The van der Waals surface area contributed by atoms with Gasteiger partial charge in [0.25, 0.3) is 0 Å². The Balaban J connectivity index is 2.53. The van der Waals surface area contributed by atoms with Gasteiger partial charge in [-0.1, -0.05) is 19.0 Å². The second-order valence-electron chi connectivity index (χ2n) is 6.52. The molecule has 0 unspecified atom stereocenters. The van der Waals surface area contributed by atoms with Gasteiger partial charge in [0.1, 0.15) is 5.76 Å². The maximum Gasteiger partial charge on any atom is 0.191 e. The molecule has 0 radical (unpaired) electrons. The van der Waals surface area contributed by atoms with E-state index >= 15 is 0 Å². The number of hydrogen-bond acceptors (Lipinski definition) is 4. The molecule has 0 amide bonds.